The Morgan fingerprint density at radius 2 is 1.71 bits per heavy atom. The maximum atomic E-state index is 5.72. The molecule has 0 fully saturated rings. The number of hydrogen-bond acceptors (Lipinski definition) is 4. The van der Waals surface area contributed by atoms with E-state index in [9.17, 15) is 0 Å². The third kappa shape index (κ3) is 4.83. The van der Waals surface area contributed by atoms with Crippen molar-refractivity contribution in [2.45, 2.75) is 53.2 Å². The molecule has 0 N–H and O–H groups in total. The van der Waals surface area contributed by atoms with Crippen LogP contribution in [0.5, 0.6) is 0 Å². The summed E-state index contributed by atoms with van der Waals surface area (Å²) in [6.07, 6.45) is 4.51. The van der Waals surface area contributed by atoms with Crippen molar-refractivity contribution in [2.24, 2.45) is 0 Å². The van der Waals surface area contributed by atoms with E-state index in [0.29, 0.717) is 0 Å². The summed E-state index contributed by atoms with van der Waals surface area (Å²) in [5, 5.41) is 0. The molecule has 0 aromatic carbocycles. The molecular formula is C12H21BN2O2. The normalized spacial score (nSPS) is 11.2. The minimum Gasteiger partial charge on any atom is -0.404 e. The van der Waals surface area contributed by atoms with E-state index in [-0.39, 0.29) is 12.2 Å². The Morgan fingerprint density at radius 1 is 1.12 bits per heavy atom. The first kappa shape index (κ1) is 14.1. The van der Waals surface area contributed by atoms with E-state index in [1.165, 1.54) is 0 Å². The molecule has 0 saturated carbocycles. The number of rotatable bonds is 6. The average Bonchev–Trinajstić information content (AvgIpc) is 2.27. The predicted molar refractivity (Wildman–Crippen MR) is 69.2 cm³/mol. The van der Waals surface area contributed by atoms with Crippen molar-refractivity contribution in [2.75, 3.05) is 0 Å². The minimum absolute atomic E-state index is 0.0887. The summed E-state index contributed by atoms with van der Waals surface area (Å²) >= 11 is 0. The molecule has 1 heterocycles. The fraction of sp³-hybridized carbons (Fsp3) is 0.667. The maximum Gasteiger partial charge on any atom is 0.515 e. The molecule has 4 nitrogen and oxygen atoms in total. The highest BCUT2D eigenvalue weighted by atomic mass is 16.6. The summed E-state index contributed by atoms with van der Waals surface area (Å²) in [6, 6.07) is 0. The molecule has 0 aliphatic heterocycles. The van der Waals surface area contributed by atoms with Gasteiger partial charge in [-0.25, -0.2) is 0 Å². The molecule has 1 rings (SSSR count). The van der Waals surface area contributed by atoms with Gasteiger partial charge in [-0.15, -0.1) is 0 Å². The number of nitrogens with zero attached hydrogens (tertiary/aromatic N) is 2. The summed E-state index contributed by atoms with van der Waals surface area (Å²) in [5.41, 5.74) is 1.69. The summed E-state index contributed by atoms with van der Waals surface area (Å²) in [4.78, 5) is 8.65. The van der Waals surface area contributed by atoms with Crippen molar-refractivity contribution in [1.29, 1.82) is 0 Å². The second-order valence-electron chi connectivity index (χ2n) is 4.49. The largest absolute Gasteiger partial charge is 0.515 e. The van der Waals surface area contributed by atoms with E-state index in [0.717, 1.165) is 17.7 Å². The Kier molecular flexibility index (Phi) is 5.58. The summed E-state index contributed by atoms with van der Waals surface area (Å²) < 4.78 is 11.4. The zero-order chi connectivity index (χ0) is 12.8. The van der Waals surface area contributed by atoms with Gasteiger partial charge in [-0.2, -0.15) is 0 Å². The van der Waals surface area contributed by atoms with Crippen molar-refractivity contribution < 1.29 is 9.31 Å². The number of aromatic nitrogens is 2. The third-order valence-electron chi connectivity index (χ3n) is 2.10. The molecule has 0 aliphatic rings. The van der Waals surface area contributed by atoms with Crippen molar-refractivity contribution >= 4 is 12.7 Å². The molecule has 1 aromatic rings. The second-order valence-corrected chi connectivity index (χ2v) is 4.49. The first-order chi connectivity index (χ1) is 8.02. The fourth-order valence-corrected chi connectivity index (χ4v) is 1.37. The van der Waals surface area contributed by atoms with Gasteiger partial charge in [0.05, 0.1) is 11.3 Å². The van der Waals surface area contributed by atoms with Crippen LogP contribution >= 0.6 is 0 Å². The summed E-state index contributed by atoms with van der Waals surface area (Å²) in [7, 11) is -0.436. The zero-order valence-corrected chi connectivity index (χ0v) is 11.3. The van der Waals surface area contributed by atoms with E-state index in [2.05, 4.69) is 16.9 Å². The van der Waals surface area contributed by atoms with Gasteiger partial charge in [0.1, 0.15) is 0 Å². The Bertz CT molecular complexity index is 335. The van der Waals surface area contributed by atoms with E-state index >= 15 is 0 Å². The summed E-state index contributed by atoms with van der Waals surface area (Å²) in [6.45, 7) is 9.97. The van der Waals surface area contributed by atoms with Crippen LogP contribution in [-0.2, 0) is 15.7 Å². The highest BCUT2D eigenvalue weighted by Crippen LogP contribution is 2.01. The van der Waals surface area contributed by atoms with Crippen LogP contribution in [0.25, 0.3) is 0 Å². The van der Waals surface area contributed by atoms with Crippen LogP contribution in [-0.4, -0.2) is 29.3 Å². The van der Waals surface area contributed by atoms with Crippen LogP contribution in [0.4, 0.5) is 0 Å². The Labute approximate surface area is 104 Å². The molecule has 0 radical (unpaired) electrons. The standard InChI is InChI=1S/C12H21BN2O2/c1-6-11-7-14-8-12(15-11)13(16-9(2)3)17-10(4)5/h7-10H,6H2,1-5H3. The maximum absolute atomic E-state index is 5.72. The van der Waals surface area contributed by atoms with E-state index in [1.807, 2.05) is 27.7 Å². The lowest BCUT2D eigenvalue weighted by molar-refractivity contribution is 0.138. The zero-order valence-electron chi connectivity index (χ0n) is 11.3. The van der Waals surface area contributed by atoms with Crippen LogP contribution in [0.1, 0.15) is 40.3 Å². The Balaban J connectivity index is 2.86. The van der Waals surface area contributed by atoms with Crippen molar-refractivity contribution in [3.8, 4) is 0 Å². The lowest BCUT2D eigenvalue weighted by Crippen LogP contribution is -2.43. The first-order valence-corrected chi connectivity index (χ1v) is 6.14. The van der Waals surface area contributed by atoms with E-state index in [4.69, 9.17) is 9.31 Å². The first-order valence-electron chi connectivity index (χ1n) is 6.14. The van der Waals surface area contributed by atoms with Crippen LogP contribution in [0, 0.1) is 0 Å². The lowest BCUT2D eigenvalue weighted by Gasteiger charge is -2.19. The van der Waals surface area contributed by atoms with E-state index in [1.54, 1.807) is 12.4 Å². The van der Waals surface area contributed by atoms with Gasteiger partial charge in [-0.05, 0) is 34.1 Å². The monoisotopic (exact) mass is 236 g/mol. The van der Waals surface area contributed by atoms with Gasteiger partial charge in [0, 0.05) is 24.6 Å². The van der Waals surface area contributed by atoms with Gasteiger partial charge in [-0.3, -0.25) is 9.97 Å². The molecule has 0 saturated heterocycles. The molecule has 0 bridgehead atoms. The Morgan fingerprint density at radius 3 is 2.18 bits per heavy atom. The van der Waals surface area contributed by atoms with Crippen molar-refractivity contribution in [3.63, 3.8) is 0 Å². The van der Waals surface area contributed by atoms with Gasteiger partial charge in [0.2, 0.25) is 0 Å². The molecule has 17 heavy (non-hydrogen) atoms. The van der Waals surface area contributed by atoms with E-state index < -0.39 is 7.12 Å². The molecule has 0 spiro atoms. The fourth-order valence-electron chi connectivity index (χ4n) is 1.37. The van der Waals surface area contributed by atoms with Crippen LogP contribution < -0.4 is 5.59 Å². The molecule has 5 heteroatoms. The van der Waals surface area contributed by atoms with Gasteiger partial charge >= 0.3 is 7.12 Å². The molecular weight excluding hydrogens is 215 g/mol. The second kappa shape index (κ2) is 6.72. The highest BCUT2D eigenvalue weighted by Gasteiger charge is 2.26. The highest BCUT2D eigenvalue weighted by molar-refractivity contribution is 6.60. The van der Waals surface area contributed by atoms with Crippen molar-refractivity contribution in [1.82, 2.24) is 9.97 Å². The topological polar surface area (TPSA) is 44.2 Å². The average molecular weight is 236 g/mol. The Hall–Kier alpha value is -0.935. The number of hydrogen-bond donors (Lipinski definition) is 0. The van der Waals surface area contributed by atoms with Crippen LogP contribution in [0.3, 0.4) is 0 Å². The smallest absolute Gasteiger partial charge is 0.404 e. The predicted octanol–water partition coefficient (Wildman–Crippen LogP) is 1.58. The SMILES string of the molecule is CCc1cncc(B(OC(C)C)OC(C)C)n1. The third-order valence-corrected chi connectivity index (χ3v) is 2.10. The molecule has 0 amide bonds. The van der Waals surface area contributed by atoms with Gasteiger partial charge in [0.25, 0.3) is 0 Å². The van der Waals surface area contributed by atoms with Gasteiger partial charge in [0.15, 0.2) is 0 Å². The summed E-state index contributed by atoms with van der Waals surface area (Å²) in [5.74, 6) is 0. The number of aryl methyl sites for hydroxylation is 1. The van der Waals surface area contributed by atoms with Crippen LogP contribution in [0.15, 0.2) is 12.4 Å². The van der Waals surface area contributed by atoms with Crippen LogP contribution in [0.2, 0.25) is 0 Å². The molecule has 0 atom stereocenters. The van der Waals surface area contributed by atoms with Gasteiger partial charge in [-0.1, -0.05) is 6.92 Å². The molecule has 94 valence electrons. The van der Waals surface area contributed by atoms with Gasteiger partial charge < -0.3 is 9.31 Å². The molecule has 0 aliphatic carbocycles. The van der Waals surface area contributed by atoms with Crippen molar-refractivity contribution in [3.05, 3.63) is 18.1 Å². The molecule has 1 aromatic heterocycles. The lowest BCUT2D eigenvalue weighted by atomic mass is 9.84. The quantitative estimate of drug-likeness (QED) is 0.703. The molecule has 0 unspecified atom stereocenters. The minimum atomic E-state index is -0.436.